The Morgan fingerprint density at radius 2 is 1.86 bits per heavy atom. The lowest BCUT2D eigenvalue weighted by Crippen LogP contribution is -2.33. The molecule has 0 N–H and O–H groups in total. The number of ether oxygens (including phenoxy) is 1. The predicted octanol–water partition coefficient (Wildman–Crippen LogP) is 2.93. The van der Waals surface area contributed by atoms with E-state index in [9.17, 15) is 0 Å². The van der Waals surface area contributed by atoms with Crippen LogP contribution in [-0.2, 0) is 13.0 Å². The highest BCUT2D eigenvalue weighted by molar-refractivity contribution is 5.37. The predicted molar refractivity (Wildman–Crippen MR) is 86.9 cm³/mol. The van der Waals surface area contributed by atoms with Crippen LogP contribution in [0.4, 0.5) is 0 Å². The van der Waals surface area contributed by atoms with E-state index in [0.29, 0.717) is 0 Å². The summed E-state index contributed by atoms with van der Waals surface area (Å²) in [5.41, 5.74) is 2.96. The second-order valence-electron chi connectivity index (χ2n) is 6.30. The molecule has 0 saturated carbocycles. The summed E-state index contributed by atoms with van der Waals surface area (Å²) in [5.74, 6) is 1.05. The van der Waals surface area contributed by atoms with Gasteiger partial charge in [-0.25, -0.2) is 0 Å². The van der Waals surface area contributed by atoms with Gasteiger partial charge in [0.2, 0.25) is 0 Å². The van der Waals surface area contributed by atoms with Crippen LogP contribution in [0.3, 0.4) is 0 Å². The van der Waals surface area contributed by atoms with Crippen LogP contribution in [0.25, 0.3) is 0 Å². The van der Waals surface area contributed by atoms with Gasteiger partial charge in [-0.1, -0.05) is 19.4 Å². The molecule has 0 aliphatic carbocycles. The fourth-order valence-electron chi connectivity index (χ4n) is 3.42. The second kappa shape index (κ2) is 7.28. The molecule has 116 valence electrons. The van der Waals surface area contributed by atoms with Crippen molar-refractivity contribution in [3.05, 3.63) is 29.3 Å². The van der Waals surface area contributed by atoms with Crippen molar-refractivity contribution in [1.82, 2.24) is 9.80 Å². The Balaban J connectivity index is 1.50. The quantitative estimate of drug-likeness (QED) is 0.828. The lowest BCUT2D eigenvalue weighted by atomic mass is 9.99. The number of benzene rings is 1. The molecule has 1 aromatic carbocycles. The Labute approximate surface area is 128 Å². The highest BCUT2D eigenvalue weighted by atomic mass is 16.5. The summed E-state index contributed by atoms with van der Waals surface area (Å²) in [5, 5.41) is 0. The van der Waals surface area contributed by atoms with Crippen LogP contribution < -0.4 is 4.74 Å². The molecule has 0 spiro atoms. The first-order chi connectivity index (χ1) is 10.3. The van der Waals surface area contributed by atoms with E-state index in [4.69, 9.17) is 4.74 Å². The van der Waals surface area contributed by atoms with Crippen molar-refractivity contribution in [2.75, 3.05) is 39.3 Å². The van der Waals surface area contributed by atoms with Gasteiger partial charge in [-0.3, -0.25) is 9.80 Å². The summed E-state index contributed by atoms with van der Waals surface area (Å²) in [6, 6.07) is 6.67. The molecule has 1 aromatic rings. The molecule has 2 aliphatic rings. The molecule has 3 rings (SSSR count). The van der Waals surface area contributed by atoms with Crippen LogP contribution in [0.15, 0.2) is 18.2 Å². The van der Waals surface area contributed by atoms with E-state index in [2.05, 4.69) is 34.9 Å². The second-order valence-corrected chi connectivity index (χ2v) is 6.30. The molecule has 1 saturated heterocycles. The molecule has 0 unspecified atom stereocenters. The van der Waals surface area contributed by atoms with Crippen molar-refractivity contribution in [3.63, 3.8) is 0 Å². The molecular formula is C18H28N2O. The molecule has 3 nitrogen and oxygen atoms in total. The van der Waals surface area contributed by atoms with Gasteiger partial charge in [-0.2, -0.15) is 0 Å². The van der Waals surface area contributed by atoms with Gasteiger partial charge in [0.05, 0.1) is 0 Å². The maximum Gasteiger partial charge on any atom is 0.119 e. The molecule has 0 aromatic heterocycles. The number of rotatable bonds is 5. The van der Waals surface area contributed by atoms with Crippen LogP contribution in [0.2, 0.25) is 0 Å². The molecular weight excluding hydrogens is 260 g/mol. The van der Waals surface area contributed by atoms with Crippen molar-refractivity contribution in [3.8, 4) is 5.75 Å². The third-order valence-corrected chi connectivity index (χ3v) is 4.84. The summed E-state index contributed by atoms with van der Waals surface area (Å²) in [6.45, 7) is 10.1. The van der Waals surface area contributed by atoms with E-state index in [0.717, 1.165) is 38.4 Å². The average molecular weight is 288 g/mol. The van der Waals surface area contributed by atoms with Gasteiger partial charge in [0.25, 0.3) is 0 Å². The molecule has 0 bridgehead atoms. The highest BCUT2D eigenvalue weighted by Crippen LogP contribution is 2.23. The third kappa shape index (κ3) is 3.98. The Morgan fingerprint density at radius 3 is 2.67 bits per heavy atom. The van der Waals surface area contributed by atoms with E-state index >= 15 is 0 Å². The monoisotopic (exact) mass is 288 g/mol. The van der Waals surface area contributed by atoms with Gasteiger partial charge in [-0.15, -0.1) is 0 Å². The highest BCUT2D eigenvalue weighted by Gasteiger charge is 2.15. The summed E-state index contributed by atoms with van der Waals surface area (Å²) < 4.78 is 5.97. The van der Waals surface area contributed by atoms with E-state index in [-0.39, 0.29) is 0 Å². The van der Waals surface area contributed by atoms with Crippen LogP contribution in [0, 0.1) is 0 Å². The van der Waals surface area contributed by atoms with Crippen molar-refractivity contribution in [2.45, 2.75) is 39.2 Å². The largest absolute Gasteiger partial charge is 0.492 e. The Hall–Kier alpha value is -1.06. The van der Waals surface area contributed by atoms with Crippen LogP contribution in [-0.4, -0.2) is 49.1 Å². The fraction of sp³-hybridized carbons (Fsp3) is 0.667. The normalized spacial score (nSPS) is 20.2. The SMILES string of the molecule is CCN1CCc2cc(OCCN3CCCCC3)ccc2C1. The summed E-state index contributed by atoms with van der Waals surface area (Å²) in [7, 11) is 0. The molecule has 0 amide bonds. The summed E-state index contributed by atoms with van der Waals surface area (Å²) in [4.78, 5) is 5.03. The molecule has 2 heterocycles. The van der Waals surface area contributed by atoms with E-state index < -0.39 is 0 Å². The first-order valence-electron chi connectivity index (χ1n) is 8.54. The number of nitrogens with zero attached hydrogens (tertiary/aromatic N) is 2. The summed E-state index contributed by atoms with van der Waals surface area (Å²) >= 11 is 0. The Bertz CT molecular complexity index is 455. The van der Waals surface area contributed by atoms with Gasteiger partial charge in [-0.05, 0) is 62.2 Å². The molecule has 0 atom stereocenters. The number of fused-ring (bicyclic) bond motifs is 1. The van der Waals surface area contributed by atoms with E-state index in [1.165, 1.54) is 50.0 Å². The van der Waals surface area contributed by atoms with Gasteiger partial charge in [0.1, 0.15) is 12.4 Å². The smallest absolute Gasteiger partial charge is 0.119 e. The van der Waals surface area contributed by atoms with Gasteiger partial charge in [0, 0.05) is 19.6 Å². The van der Waals surface area contributed by atoms with Crippen LogP contribution in [0.5, 0.6) is 5.75 Å². The lowest BCUT2D eigenvalue weighted by Gasteiger charge is -2.28. The zero-order chi connectivity index (χ0) is 14.5. The van der Waals surface area contributed by atoms with E-state index in [1.807, 2.05) is 0 Å². The molecule has 1 fully saturated rings. The standard InChI is InChI=1S/C18H28N2O/c1-2-19-11-8-16-14-18(7-6-17(16)15-19)21-13-12-20-9-4-3-5-10-20/h6-7,14H,2-5,8-13,15H2,1H3. The maximum atomic E-state index is 5.97. The minimum Gasteiger partial charge on any atom is -0.492 e. The molecule has 3 heteroatoms. The number of likely N-dealkylation sites (tertiary alicyclic amines) is 1. The number of likely N-dealkylation sites (N-methyl/N-ethyl adjacent to an activating group) is 1. The number of hydrogen-bond donors (Lipinski definition) is 0. The zero-order valence-electron chi connectivity index (χ0n) is 13.3. The van der Waals surface area contributed by atoms with Crippen molar-refractivity contribution in [1.29, 1.82) is 0 Å². The van der Waals surface area contributed by atoms with E-state index in [1.54, 1.807) is 0 Å². The Kier molecular flexibility index (Phi) is 5.15. The van der Waals surface area contributed by atoms with Crippen molar-refractivity contribution in [2.24, 2.45) is 0 Å². The lowest BCUT2D eigenvalue weighted by molar-refractivity contribution is 0.183. The van der Waals surface area contributed by atoms with Crippen LogP contribution in [0.1, 0.15) is 37.3 Å². The van der Waals surface area contributed by atoms with Gasteiger partial charge >= 0.3 is 0 Å². The van der Waals surface area contributed by atoms with Gasteiger partial charge in [0.15, 0.2) is 0 Å². The Morgan fingerprint density at radius 1 is 1.00 bits per heavy atom. The van der Waals surface area contributed by atoms with Crippen molar-refractivity contribution < 1.29 is 4.74 Å². The third-order valence-electron chi connectivity index (χ3n) is 4.84. The maximum absolute atomic E-state index is 5.97. The molecule has 21 heavy (non-hydrogen) atoms. The minimum atomic E-state index is 0.819. The zero-order valence-corrected chi connectivity index (χ0v) is 13.3. The van der Waals surface area contributed by atoms with Gasteiger partial charge < -0.3 is 4.74 Å². The van der Waals surface area contributed by atoms with Crippen molar-refractivity contribution >= 4 is 0 Å². The number of piperidine rings is 1. The first kappa shape index (κ1) is 14.9. The first-order valence-corrected chi connectivity index (χ1v) is 8.54. The fourth-order valence-corrected chi connectivity index (χ4v) is 3.42. The topological polar surface area (TPSA) is 15.7 Å². The molecule has 0 radical (unpaired) electrons. The molecule has 2 aliphatic heterocycles. The minimum absolute atomic E-state index is 0.819. The average Bonchev–Trinajstić information content (AvgIpc) is 2.55. The summed E-state index contributed by atoms with van der Waals surface area (Å²) in [6.07, 6.45) is 5.27. The van der Waals surface area contributed by atoms with Crippen LogP contribution >= 0.6 is 0 Å². The number of hydrogen-bond acceptors (Lipinski definition) is 3.